The number of rotatable bonds is 2. The van der Waals surface area contributed by atoms with E-state index >= 15 is 0 Å². The number of hydrogen-bond acceptors (Lipinski definition) is 1. The third-order valence-electron chi connectivity index (χ3n) is 3.29. The summed E-state index contributed by atoms with van der Waals surface area (Å²) in [6.45, 7) is 0. The summed E-state index contributed by atoms with van der Waals surface area (Å²) in [6, 6.07) is 16.7. The summed E-state index contributed by atoms with van der Waals surface area (Å²) in [6.07, 6.45) is 1.59. The number of aldehydes is 1. The normalized spacial score (nSPS) is 13.2. The molecular weight excluding hydrogens is 196 g/mol. The van der Waals surface area contributed by atoms with Crippen LogP contribution in [0.25, 0.3) is 11.1 Å². The molecule has 1 nitrogen and oxygen atoms in total. The first kappa shape index (κ1) is 9.34. The van der Waals surface area contributed by atoms with Crippen molar-refractivity contribution < 1.29 is 4.79 Å². The molecule has 0 heterocycles. The van der Waals surface area contributed by atoms with E-state index in [0.717, 1.165) is 6.29 Å². The molecule has 1 heteroatoms. The maximum Gasteiger partial charge on any atom is 0.120 e. The van der Waals surface area contributed by atoms with E-state index in [1.54, 1.807) is 0 Å². The Morgan fingerprint density at radius 1 is 0.875 bits per heavy atom. The topological polar surface area (TPSA) is 17.1 Å². The van der Waals surface area contributed by atoms with Crippen molar-refractivity contribution in [3.05, 3.63) is 59.7 Å². The van der Waals surface area contributed by atoms with Crippen molar-refractivity contribution in [1.29, 1.82) is 0 Å². The summed E-state index contributed by atoms with van der Waals surface area (Å²) >= 11 is 0. The van der Waals surface area contributed by atoms with Gasteiger partial charge in [-0.15, -0.1) is 0 Å². The molecule has 16 heavy (non-hydrogen) atoms. The van der Waals surface area contributed by atoms with Gasteiger partial charge in [-0.2, -0.15) is 0 Å². The van der Waals surface area contributed by atoms with E-state index in [1.807, 2.05) is 12.1 Å². The molecule has 0 saturated heterocycles. The second-order valence-corrected chi connectivity index (χ2v) is 4.13. The van der Waals surface area contributed by atoms with Gasteiger partial charge in [0.15, 0.2) is 0 Å². The Balaban J connectivity index is 2.25. The fraction of sp³-hybridized carbons (Fsp3) is 0.133. The fourth-order valence-electron chi connectivity index (χ4n) is 2.61. The van der Waals surface area contributed by atoms with Crippen LogP contribution in [-0.2, 0) is 4.79 Å². The standard InChI is InChI=1S/C15H12O/c16-10-9-15-13-7-3-1-5-11(13)12-6-2-4-8-14(12)15/h1-8,10,15H,9H2. The SMILES string of the molecule is O=CCC1c2ccccc2-c2ccccc21. The van der Waals surface area contributed by atoms with Gasteiger partial charge < -0.3 is 4.79 Å². The van der Waals surface area contributed by atoms with Crippen molar-refractivity contribution in [3.63, 3.8) is 0 Å². The van der Waals surface area contributed by atoms with Crippen LogP contribution in [0.15, 0.2) is 48.5 Å². The van der Waals surface area contributed by atoms with Gasteiger partial charge >= 0.3 is 0 Å². The molecule has 78 valence electrons. The van der Waals surface area contributed by atoms with Crippen LogP contribution < -0.4 is 0 Å². The van der Waals surface area contributed by atoms with Crippen LogP contribution in [0, 0.1) is 0 Å². The highest BCUT2D eigenvalue weighted by Gasteiger charge is 2.27. The molecule has 1 aliphatic rings. The molecule has 0 amide bonds. The monoisotopic (exact) mass is 208 g/mol. The molecule has 0 unspecified atom stereocenters. The fourth-order valence-corrected chi connectivity index (χ4v) is 2.61. The molecule has 0 bridgehead atoms. The summed E-state index contributed by atoms with van der Waals surface area (Å²) in [4.78, 5) is 10.8. The van der Waals surface area contributed by atoms with Crippen LogP contribution in [0.4, 0.5) is 0 Å². The third kappa shape index (κ3) is 1.21. The first-order valence-corrected chi connectivity index (χ1v) is 5.53. The highest BCUT2D eigenvalue weighted by molar-refractivity contribution is 5.80. The smallest absolute Gasteiger partial charge is 0.120 e. The lowest BCUT2D eigenvalue weighted by Gasteiger charge is -2.08. The van der Waals surface area contributed by atoms with Gasteiger partial charge in [-0.25, -0.2) is 0 Å². The van der Waals surface area contributed by atoms with Gasteiger partial charge in [-0.1, -0.05) is 48.5 Å². The molecule has 0 radical (unpaired) electrons. The van der Waals surface area contributed by atoms with Crippen LogP contribution in [0.3, 0.4) is 0 Å². The lowest BCUT2D eigenvalue weighted by molar-refractivity contribution is -0.108. The van der Waals surface area contributed by atoms with Crippen molar-refractivity contribution in [1.82, 2.24) is 0 Å². The van der Waals surface area contributed by atoms with Crippen LogP contribution in [0.2, 0.25) is 0 Å². The molecule has 0 N–H and O–H groups in total. The van der Waals surface area contributed by atoms with Gasteiger partial charge in [-0.3, -0.25) is 0 Å². The highest BCUT2D eigenvalue weighted by atomic mass is 16.1. The quantitative estimate of drug-likeness (QED) is 0.691. The summed E-state index contributed by atoms with van der Waals surface area (Å²) < 4.78 is 0. The highest BCUT2D eigenvalue weighted by Crippen LogP contribution is 2.45. The summed E-state index contributed by atoms with van der Waals surface area (Å²) in [5, 5.41) is 0. The van der Waals surface area contributed by atoms with Crippen LogP contribution in [0.5, 0.6) is 0 Å². The molecule has 0 atom stereocenters. The number of benzene rings is 2. The molecule has 1 aliphatic carbocycles. The number of fused-ring (bicyclic) bond motifs is 3. The Morgan fingerprint density at radius 3 is 1.88 bits per heavy atom. The van der Waals surface area contributed by atoms with E-state index in [0.29, 0.717) is 6.42 Å². The summed E-state index contributed by atoms with van der Waals surface area (Å²) in [7, 11) is 0. The maximum absolute atomic E-state index is 10.8. The number of hydrogen-bond donors (Lipinski definition) is 0. The zero-order valence-electron chi connectivity index (χ0n) is 8.89. The second-order valence-electron chi connectivity index (χ2n) is 4.13. The van der Waals surface area contributed by atoms with E-state index < -0.39 is 0 Å². The number of carbonyl (C=O) groups excluding carboxylic acids is 1. The van der Waals surface area contributed by atoms with Gasteiger partial charge in [0.05, 0.1) is 0 Å². The minimum Gasteiger partial charge on any atom is -0.303 e. The van der Waals surface area contributed by atoms with Crippen molar-refractivity contribution in [2.75, 3.05) is 0 Å². The molecule has 2 aromatic carbocycles. The van der Waals surface area contributed by atoms with E-state index in [9.17, 15) is 4.79 Å². The Bertz CT molecular complexity index is 497. The van der Waals surface area contributed by atoms with Gasteiger partial charge in [0, 0.05) is 12.3 Å². The molecule has 0 fully saturated rings. The van der Waals surface area contributed by atoms with E-state index in [2.05, 4.69) is 36.4 Å². The average Bonchev–Trinajstić information content (AvgIpc) is 2.66. The minimum atomic E-state index is 0.255. The maximum atomic E-state index is 10.8. The minimum absolute atomic E-state index is 0.255. The summed E-state index contributed by atoms with van der Waals surface area (Å²) in [5.74, 6) is 0.255. The lowest BCUT2D eigenvalue weighted by atomic mass is 9.94. The third-order valence-corrected chi connectivity index (χ3v) is 3.29. The Morgan fingerprint density at radius 2 is 1.38 bits per heavy atom. The molecular formula is C15H12O. The number of carbonyl (C=O) groups is 1. The van der Waals surface area contributed by atoms with E-state index in [4.69, 9.17) is 0 Å². The van der Waals surface area contributed by atoms with Crippen LogP contribution >= 0.6 is 0 Å². The summed E-state index contributed by atoms with van der Waals surface area (Å²) in [5.41, 5.74) is 5.14. The van der Waals surface area contributed by atoms with E-state index in [-0.39, 0.29) is 5.92 Å². The predicted molar refractivity (Wildman–Crippen MR) is 64.4 cm³/mol. The van der Waals surface area contributed by atoms with Gasteiger partial charge in [-0.05, 0) is 22.3 Å². The van der Waals surface area contributed by atoms with Crippen molar-refractivity contribution in [2.45, 2.75) is 12.3 Å². The molecule has 0 aromatic heterocycles. The molecule has 0 spiro atoms. The Hall–Kier alpha value is -1.89. The van der Waals surface area contributed by atoms with Gasteiger partial charge in [0.25, 0.3) is 0 Å². The predicted octanol–water partition coefficient (Wildman–Crippen LogP) is 3.39. The molecule has 0 aliphatic heterocycles. The molecule has 0 saturated carbocycles. The first-order chi connectivity index (χ1) is 7.92. The average molecular weight is 208 g/mol. The Kier molecular flexibility index (Phi) is 2.10. The molecule has 3 rings (SSSR count). The zero-order valence-corrected chi connectivity index (χ0v) is 8.89. The zero-order chi connectivity index (χ0) is 11.0. The van der Waals surface area contributed by atoms with Crippen LogP contribution in [0.1, 0.15) is 23.5 Å². The van der Waals surface area contributed by atoms with E-state index in [1.165, 1.54) is 22.3 Å². The van der Waals surface area contributed by atoms with Gasteiger partial charge in [0.2, 0.25) is 0 Å². The first-order valence-electron chi connectivity index (χ1n) is 5.53. The van der Waals surface area contributed by atoms with Crippen molar-refractivity contribution in [3.8, 4) is 11.1 Å². The van der Waals surface area contributed by atoms with Crippen molar-refractivity contribution in [2.24, 2.45) is 0 Å². The Labute approximate surface area is 94.7 Å². The lowest BCUT2D eigenvalue weighted by Crippen LogP contribution is -1.96. The van der Waals surface area contributed by atoms with Crippen LogP contribution in [-0.4, -0.2) is 6.29 Å². The molecule has 2 aromatic rings. The largest absolute Gasteiger partial charge is 0.303 e. The van der Waals surface area contributed by atoms with Gasteiger partial charge in [0.1, 0.15) is 6.29 Å². The van der Waals surface area contributed by atoms with Crippen molar-refractivity contribution >= 4 is 6.29 Å². The second kappa shape index (κ2) is 3.60.